The molecule has 3 heterocycles. The maximum Gasteiger partial charge on any atom is 0.320 e. The normalized spacial score (nSPS) is 22.5. The molecule has 1 atom stereocenters. The van der Waals surface area contributed by atoms with Crippen LogP contribution in [-0.2, 0) is 30.5 Å². The molecule has 0 spiro atoms. The molecular weight excluding hydrogens is 490 g/mol. The molecule has 1 aromatic heterocycles. The number of urea groups is 1. The molecule has 35 heavy (non-hydrogen) atoms. The summed E-state index contributed by atoms with van der Waals surface area (Å²) in [6.45, 7) is 4.16. The van der Waals surface area contributed by atoms with Gasteiger partial charge in [0.05, 0.1) is 25.4 Å². The molecule has 0 radical (unpaired) electrons. The van der Waals surface area contributed by atoms with Crippen LogP contribution in [0.1, 0.15) is 30.2 Å². The van der Waals surface area contributed by atoms with Gasteiger partial charge in [-0.15, -0.1) is 11.3 Å². The predicted molar refractivity (Wildman–Crippen MR) is 133 cm³/mol. The topological polar surface area (TPSA) is 116 Å². The van der Waals surface area contributed by atoms with Crippen molar-refractivity contribution in [2.24, 2.45) is 0 Å². The monoisotopic (exact) mass is 521 g/mol. The number of amides is 3. The van der Waals surface area contributed by atoms with Crippen molar-refractivity contribution in [3.05, 3.63) is 46.8 Å². The molecule has 2 aliphatic rings. The average Bonchev–Trinajstić information content (AvgIpc) is 3.34. The van der Waals surface area contributed by atoms with Gasteiger partial charge in [-0.3, -0.25) is 10.0 Å². The number of nitrogens with zero attached hydrogens (tertiary/aromatic N) is 2. The molecule has 2 saturated heterocycles. The highest BCUT2D eigenvalue weighted by molar-refractivity contribution is 7.92. The zero-order valence-electron chi connectivity index (χ0n) is 19.7. The third-order valence-corrected chi connectivity index (χ3v) is 10.8. The fourth-order valence-corrected chi connectivity index (χ4v) is 8.27. The van der Waals surface area contributed by atoms with Gasteiger partial charge in [0, 0.05) is 35.9 Å². The van der Waals surface area contributed by atoms with Gasteiger partial charge < -0.3 is 14.5 Å². The highest BCUT2D eigenvalue weighted by Gasteiger charge is 2.50. The molecule has 0 bridgehead atoms. The lowest BCUT2D eigenvalue weighted by Crippen LogP contribution is -2.49. The molecule has 1 aromatic carbocycles. The minimum atomic E-state index is -3.86. The van der Waals surface area contributed by atoms with Crippen LogP contribution in [-0.4, -0.2) is 80.5 Å². The summed E-state index contributed by atoms with van der Waals surface area (Å²) in [5, 5.41) is 9.24. The lowest BCUT2D eigenvalue weighted by molar-refractivity contribution is -0.129. The van der Waals surface area contributed by atoms with Crippen molar-refractivity contribution in [1.29, 1.82) is 0 Å². The number of hydrogen-bond acceptors (Lipinski definition) is 7. The largest absolute Gasteiger partial charge is 0.378 e. The van der Waals surface area contributed by atoms with Crippen molar-refractivity contribution in [3.63, 3.8) is 0 Å². The number of thiophene rings is 1. The Morgan fingerprint density at radius 3 is 2.40 bits per heavy atom. The Morgan fingerprint density at radius 2 is 1.74 bits per heavy atom. The van der Waals surface area contributed by atoms with Crippen LogP contribution >= 0.6 is 11.3 Å². The third-order valence-electron chi connectivity index (χ3n) is 6.84. The number of hydroxylamine groups is 1. The van der Waals surface area contributed by atoms with Crippen LogP contribution in [0.4, 0.5) is 4.79 Å². The Kier molecular flexibility index (Phi) is 7.80. The number of sulfone groups is 1. The van der Waals surface area contributed by atoms with E-state index in [0.29, 0.717) is 31.2 Å². The fraction of sp³-hybridized carbons (Fsp3) is 0.500. The van der Waals surface area contributed by atoms with Gasteiger partial charge in [0.2, 0.25) is 5.91 Å². The smallest absolute Gasteiger partial charge is 0.320 e. The molecule has 2 aliphatic heterocycles. The van der Waals surface area contributed by atoms with E-state index < -0.39 is 26.9 Å². The van der Waals surface area contributed by atoms with Crippen molar-refractivity contribution in [1.82, 2.24) is 15.3 Å². The summed E-state index contributed by atoms with van der Waals surface area (Å²) in [4.78, 5) is 30.1. The van der Waals surface area contributed by atoms with E-state index in [1.165, 1.54) is 16.9 Å². The first-order valence-corrected chi connectivity index (χ1v) is 14.2. The van der Waals surface area contributed by atoms with Gasteiger partial charge in [-0.2, -0.15) is 0 Å². The summed E-state index contributed by atoms with van der Waals surface area (Å²) in [5.74, 6) is -1.04. The maximum atomic E-state index is 13.7. The summed E-state index contributed by atoms with van der Waals surface area (Å²) >= 11 is 1.34. The van der Waals surface area contributed by atoms with Gasteiger partial charge in [-0.1, -0.05) is 31.2 Å². The van der Waals surface area contributed by atoms with Crippen LogP contribution in [0.15, 0.2) is 36.4 Å². The molecule has 0 aliphatic carbocycles. The van der Waals surface area contributed by atoms with Crippen molar-refractivity contribution in [2.45, 2.75) is 30.9 Å². The van der Waals surface area contributed by atoms with Crippen LogP contribution in [0.2, 0.25) is 0 Å². The molecule has 190 valence electrons. The Hall–Kier alpha value is -2.47. The first kappa shape index (κ1) is 25.6. The number of carbonyl (C=O) groups is 2. The molecule has 2 aromatic rings. The lowest BCUT2D eigenvalue weighted by atomic mass is 9.97. The quantitative estimate of drug-likeness (QED) is 0.462. The summed E-state index contributed by atoms with van der Waals surface area (Å²) < 4.78 is 31.2. The number of ether oxygens (including phenoxy) is 1. The number of aryl methyl sites for hydroxylation is 1. The Labute approximate surface area is 209 Å². The molecule has 9 nitrogen and oxygen atoms in total. The summed E-state index contributed by atoms with van der Waals surface area (Å²) in [6, 6.07) is 11.5. The Bertz CT molecular complexity index is 1160. The number of carbonyl (C=O) groups excluding carboxylic acids is 2. The zero-order valence-corrected chi connectivity index (χ0v) is 21.4. The molecule has 4 rings (SSSR count). The van der Waals surface area contributed by atoms with Crippen LogP contribution in [0.5, 0.6) is 0 Å². The third kappa shape index (κ3) is 5.23. The van der Waals surface area contributed by atoms with E-state index in [9.17, 15) is 23.2 Å². The van der Waals surface area contributed by atoms with E-state index in [4.69, 9.17) is 4.74 Å². The number of rotatable bonds is 5. The van der Waals surface area contributed by atoms with Crippen molar-refractivity contribution < 1.29 is 28.0 Å². The number of nitrogens with one attached hydrogen (secondary N) is 1. The zero-order chi connectivity index (χ0) is 25.1. The number of hydrogen-bond donors (Lipinski definition) is 2. The standard InChI is InChI=1S/C24H31N3O6S2/c1-2-18-3-5-19(6-4-18)20-7-8-21(34-20)24(17-22(28)25-30)9-10-26(13-16-35(24,31)32)23(29)27-11-14-33-15-12-27/h3-8,30H,2,9-17H2,1H3,(H,25,28). The van der Waals surface area contributed by atoms with Gasteiger partial charge in [0.25, 0.3) is 0 Å². The average molecular weight is 522 g/mol. The SMILES string of the molecule is CCc1ccc(-c2ccc(C3(CC(=O)NO)CCN(C(=O)N4CCOCC4)CCS3(=O)=O)s2)cc1. The van der Waals surface area contributed by atoms with Crippen LogP contribution in [0.25, 0.3) is 10.4 Å². The van der Waals surface area contributed by atoms with E-state index in [2.05, 4.69) is 6.92 Å². The van der Waals surface area contributed by atoms with Gasteiger partial charge in [-0.25, -0.2) is 18.7 Å². The molecule has 1 unspecified atom stereocenters. The lowest BCUT2D eigenvalue weighted by Gasteiger charge is -2.33. The summed E-state index contributed by atoms with van der Waals surface area (Å²) in [6.07, 6.45) is 0.570. The molecule has 3 amide bonds. The second-order valence-corrected chi connectivity index (χ2v) is 12.4. The van der Waals surface area contributed by atoms with E-state index in [1.54, 1.807) is 21.3 Å². The van der Waals surface area contributed by atoms with Crippen molar-refractivity contribution in [2.75, 3.05) is 45.1 Å². The van der Waals surface area contributed by atoms with E-state index in [-0.39, 0.29) is 31.3 Å². The fourth-order valence-electron chi connectivity index (χ4n) is 4.66. The predicted octanol–water partition coefficient (Wildman–Crippen LogP) is 2.64. The maximum absolute atomic E-state index is 13.7. The number of morpholine rings is 1. The van der Waals surface area contributed by atoms with Crippen LogP contribution in [0.3, 0.4) is 0 Å². The highest BCUT2D eigenvalue weighted by Crippen LogP contribution is 2.45. The van der Waals surface area contributed by atoms with E-state index in [1.807, 2.05) is 30.3 Å². The van der Waals surface area contributed by atoms with Crippen molar-refractivity contribution in [3.8, 4) is 10.4 Å². The second kappa shape index (κ2) is 10.7. The van der Waals surface area contributed by atoms with Gasteiger partial charge in [0.1, 0.15) is 4.75 Å². The molecular formula is C24H31N3O6S2. The van der Waals surface area contributed by atoms with Crippen LogP contribution in [0, 0.1) is 0 Å². The second-order valence-electron chi connectivity index (χ2n) is 8.86. The van der Waals surface area contributed by atoms with E-state index in [0.717, 1.165) is 16.9 Å². The number of benzene rings is 1. The summed E-state index contributed by atoms with van der Waals surface area (Å²) in [5.41, 5.74) is 3.77. The Morgan fingerprint density at radius 1 is 1.06 bits per heavy atom. The van der Waals surface area contributed by atoms with Gasteiger partial charge in [0.15, 0.2) is 9.84 Å². The van der Waals surface area contributed by atoms with Gasteiger partial charge in [-0.05, 0) is 36.1 Å². The van der Waals surface area contributed by atoms with E-state index >= 15 is 0 Å². The molecule has 2 N–H and O–H groups in total. The minimum Gasteiger partial charge on any atom is -0.378 e. The minimum absolute atomic E-state index is 0.0533. The Balaban J connectivity index is 1.67. The molecule has 11 heteroatoms. The summed E-state index contributed by atoms with van der Waals surface area (Å²) in [7, 11) is -3.86. The molecule has 0 saturated carbocycles. The van der Waals surface area contributed by atoms with Crippen molar-refractivity contribution >= 4 is 33.1 Å². The first-order valence-electron chi connectivity index (χ1n) is 11.8. The molecule has 2 fully saturated rings. The van der Waals surface area contributed by atoms with Gasteiger partial charge >= 0.3 is 6.03 Å². The highest BCUT2D eigenvalue weighted by atomic mass is 32.2. The first-order chi connectivity index (χ1) is 16.8. The van der Waals surface area contributed by atoms with Crippen LogP contribution < -0.4 is 5.48 Å².